The standard InChI is InChI=1S/C31H34N8O2/c1-23-26(20-33-31(34-23)38-13-11-36(12-14-38)21-24-5-3-2-4-6-24)27-9-10-32-30(35-27)39-17-15-37(16-18-39)25-7-8-28-29(19-25)41-22-40-28/h2-10,19-20H,11-18,21-22H2,1H3. The van der Waals surface area contributed by atoms with E-state index in [1.165, 1.54) is 5.56 Å². The van der Waals surface area contributed by atoms with Gasteiger partial charge in [0.05, 0.1) is 11.4 Å². The van der Waals surface area contributed by atoms with Crippen LogP contribution in [0.4, 0.5) is 17.6 Å². The second-order valence-electron chi connectivity index (χ2n) is 10.7. The van der Waals surface area contributed by atoms with Crippen LogP contribution < -0.4 is 24.2 Å². The Kier molecular flexibility index (Phi) is 6.98. The average Bonchev–Trinajstić information content (AvgIpc) is 3.50. The van der Waals surface area contributed by atoms with Crippen molar-refractivity contribution >= 4 is 17.6 Å². The number of aromatic nitrogens is 4. The highest BCUT2D eigenvalue weighted by atomic mass is 16.7. The Morgan fingerprint density at radius 1 is 0.707 bits per heavy atom. The van der Waals surface area contributed by atoms with Crippen molar-refractivity contribution < 1.29 is 9.47 Å². The minimum atomic E-state index is 0.291. The van der Waals surface area contributed by atoms with Gasteiger partial charge in [0.1, 0.15) is 0 Å². The van der Waals surface area contributed by atoms with Crippen LogP contribution in [-0.4, -0.2) is 84.0 Å². The zero-order valence-electron chi connectivity index (χ0n) is 23.3. The monoisotopic (exact) mass is 550 g/mol. The molecule has 0 unspecified atom stereocenters. The Balaban J connectivity index is 0.980. The third-order valence-electron chi connectivity index (χ3n) is 8.07. The number of hydrogen-bond donors (Lipinski definition) is 0. The molecule has 2 aromatic heterocycles. The zero-order chi connectivity index (χ0) is 27.6. The van der Waals surface area contributed by atoms with Crippen molar-refractivity contribution in [2.24, 2.45) is 0 Å². The molecule has 10 heteroatoms. The van der Waals surface area contributed by atoms with Gasteiger partial charge in [-0.3, -0.25) is 4.90 Å². The summed E-state index contributed by atoms with van der Waals surface area (Å²) in [5.74, 6) is 3.16. The van der Waals surface area contributed by atoms with Crippen molar-refractivity contribution in [1.82, 2.24) is 24.8 Å². The van der Waals surface area contributed by atoms with E-state index in [0.717, 1.165) is 105 Å². The second-order valence-corrected chi connectivity index (χ2v) is 10.7. The van der Waals surface area contributed by atoms with Gasteiger partial charge < -0.3 is 24.2 Å². The predicted molar refractivity (Wildman–Crippen MR) is 159 cm³/mol. The molecule has 2 aromatic carbocycles. The van der Waals surface area contributed by atoms with Gasteiger partial charge in [0.25, 0.3) is 0 Å². The lowest BCUT2D eigenvalue weighted by Gasteiger charge is -2.36. The Morgan fingerprint density at radius 3 is 2.20 bits per heavy atom. The highest BCUT2D eigenvalue weighted by Gasteiger charge is 2.23. The van der Waals surface area contributed by atoms with Crippen molar-refractivity contribution in [3.05, 3.63) is 78.2 Å². The molecule has 3 aliphatic heterocycles. The molecule has 0 atom stereocenters. The molecule has 2 saturated heterocycles. The normalized spacial score (nSPS) is 17.2. The molecule has 2 fully saturated rings. The Labute approximate surface area is 240 Å². The second kappa shape index (κ2) is 11.2. The number of piperazine rings is 2. The predicted octanol–water partition coefficient (Wildman–Crippen LogP) is 3.62. The molecular formula is C31H34N8O2. The first-order valence-corrected chi connectivity index (χ1v) is 14.3. The molecule has 0 saturated carbocycles. The van der Waals surface area contributed by atoms with Crippen LogP contribution in [0.1, 0.15) is 11.3 Å². The lowest BCUT2D eigenvalue weighted by atomic mass is 10.1. The van der Waals surface area contributed by atoms with Gasteiger partial charge in [-0.2, -0.15) is 0 Å². The summed E-state index contributed by atoms with van der Waals surface area (Å²) in [6.07, 6.45) is 3.75. The zero-order valence-corrected chi connectivity index (χ0v) is 23.3. The molecule has 210 valence electrons. The number of aryl methyl sites for hydroxylation is 1. The number of hydrogen-bond acceptors (Lipinski definition) is 10. The molecule has 4 aromatic rings. The maximum atomic E-state index is 5.56. The van der Waals surface area contributed by atoms with E-state index in [-0.39, 0.29) is 0 Å². The van der Waals surface area contributed by atoms with E-state index in [1.807, 2.05) is 31.5 Å². The first kappa shape index (κ1) is 25.5. The Bertz CT molecular complexity index is 1500. The van der Waals surface area contributed by atoms with Crippen LogP contribution in [0.5, 0.6) is 11.5 Å². The number of anilines is 3. The van der Waals surface area contributed by atoms with Gasteiger partial charge in [0, 0.05) is 88.6 Å². The molecule has 0 bridgehead atoms. The van der Waals surface area contributed by atoms with Gasteiger partial charge in [0.15, 0.2) is 11.5 Å². The number of ether oxygens (including phenoxy) is 2. The van der Waals surface area contributed by atoms with Crippen LogP contribution in [0.3, 0.4) is 0 Å². The highest BCUT2D eigenvalue weighted by molar-refractivity contribution is 5.63. The molecule has 3 aliphatic rings. The summed E-state index contributed by atoms with van der Waals surface area (Å²) in [7, 11) is 0. The van der Waals surface area contributed by atoms with Gasteiger partial charge in [-0.05, 0) is 30.7 Å². The molecular weight excluding hydrogens is 516 g/mol. The third-order valence-corrected chi connectivity index (χ3v) is 8.07. The molecule has 7 rings (SSSR count). The minimum Gasteiger partial charge on any atom is -0.454 e. The summed E-state index contributed by atoms with van der Waals surface area (Å²) in [5.41, 5.74) is 5.23. The fourth-order valence-electron chi connectivity index (χ4n) is 5.70. The van der Waals surface area contributed by atoms with Gasteiger partial charge in [-0.1, -0.05) is 30.3 Å². The fourth-order valence-corrected chi connectivity index (χ4v) is 5.70. The average molecular weight is 551 g/mol. The molecule has 5 heterocycles. The molecule has 0 N–H and O–H groups in total. The number of nitrogens with zero attached hydrogens (tertiary/aromatic N) is 8. The number of benzene rings is 2. The van der Waals surface area contributed by atoms with E-state index >= 15 is 0 Å². The largest absolute Gasteiger partial charge is 0.454 e. The van der Waals surface area contributed by atoms with E-state index in [9.17, 15) is 0 Å². The molecule has 0 spiro atoms. The first-order chi connectivity index (χ1) is 20.2. The number of fused-ring (bicyclic) bond motifs is 1. The lowest BCUT2D eigenvalue weighted by Crippen LogP contribution is -2.47. The maximum absolute atomic E-state index is 5.56. The van der Waals surface area contributed by atoms with Gasteiger partial charge in [0.2, 0.25) is 18.7 Å². The van der Waals surface area contributed by atoms with E-state index in [0.29, 0.717) is 6.79 Å². The van der Waals surface area contributed by atoms with Crippen LogP contribution in [0.25, 0.3) is 11.3 Å². The fraction of sp³-hybridized carbons (Fsp3) is 0.355. The van der Waals surface area contributed by atoms with E-state index in [1.54, 1.807) is 0 Å². The first-order valence-electron chi connectivity index (χ1n) is 14.3. The summed E-state index contributed by atoms with van der Waals surface area (Å²) in [4.78, 5) is 28.5. The van der Waals surface area contributed by atoms with Crippen LogP contribution in [-0.2, 0) is 6.54 Å². The summed E-state index contributed by atoms with van der Waals surface area (Å²) in [5, 5.41) is 0. The third kappa shape index (κ3) is 5.47. The van der Waals surface area contributed by atoms with Crippen molar-refractivity contribution in [3.8, 4) is 22.8 Å². The van der Waals surface area contributed by atoms with E-state index in [2.05, 4.69) is 67.0 Å². The van der Waals surface area contributed by atoms with Crippen molar-refractivity contribution in [2.45, 2.75) is 13.5 Å². The summed E-state index contributed by atoms with van der Waals surface area (Å²) >= 11 is 0. The smallest absolute Gasteiger partial charge is 0.231 e. The van der Waals surface area contributed by atoms with Crippen molar-refractivity contribution in [2.75, 3.05) is 73.9 Å². The SMILES string of the molecule is Cc1nc(N2CCN(Cc3ccccc3)CC2)ncc1-c1ccnc(N2CCN(c3ccc4c(c3)OCO4)CC2)n1. The minimum absolute atomic E-state index is 0.291. The quantitative estimate of drug-likeness (QED) is 0.355. The van der Waals surface area contributed by atoms with E-state index < -0.39 is 0 Å². The molecule has 41 heavy (non-hydrogen) atoms. The van der Waals surface area contributed by atoms with Crippen molar-refractivity contribution in [3.63, 3.8) is 0 Å². The number of rotatable bonds is 6. The topological polar surface area (TPSA) is 83.0 Å². The maximum Gasteiger partial charge on any atom is 0.231 e. The van der Waals surface area contributed by atoms with E-state index in [4.69, 9.17) is 24.4 Å². The van der Waals surface area contributed by atoms with Crippen molar-refractivity contribution in [1.29, 1.82) is 0 Å². The highest BCUT2D eigenvalue weighted by Crippen LogP contribution is 2.36. The summed E-state index contributed by atoms with van der Waals surface area (Å²) in [6.45, 7) is 10.6. The van der Waals surface area contributed by atoms with Crippen LogP contribution in [0.2, 0.25) is 0 Å². The molecule has 0 aliphatic carbocycles. The van der Waals surface area contributed by atoms with Crippen LogP contribution in [0, 0.1) is 6.92 Å². The molecule has 10 nitrogen and oxygen atoms in total. The summed E-state index contributed by atoms with van der Waals surface area (Å²) < 4.78 is 11.0. The summed E-state index contributed by atoms with van der Waals surface area (Å²) in [6, 6.07) is 18.7. The van der Waals surface area contributed by atoms with Gasteiger partial charge in [-0.15, -0.1) is 0 Å². The van der Waals surface area contributed by atoms with Gasteiger partial charge in [-0.25, -0.2) is 19.9 Å². The molecule has 0 amide bonds. The van der Waals surface area contributed by atoms with Crippen LogP contribution in [0.15, 0.2) is 67.0 Å². The van der Waals surface area contributed by atoms with Crippen LogP contribution >= 0.6 is 0 Å². The Morgan fingerprint density at radius 2 is 1.41 bits per heavy atom. The van der Waals surface area contributed by atoms with Gasteiger partial charge >= 0.3 is 0 Å². The molecule has 0 radical (unpaired) electrons. The lowest BCUT2D eigenvalue weighted by molar-refractivity contribution is 0.174. The Hall–Kier alpha value is -4.44.